The van der Waals surface area contributed by atoms with Gasteiger partial charge in [-0.05, 0) is 24.3 Å². The second kappa shape index (κ2) is 14.0. The number of hydrogen-bond acceptors (Lipinski definition) is 6. The Balaban J connectivity index is 0.000000409. The van der Waals surface area contributed by atoms with E-state index in [1.54, 1.807) is 0 Å². The minimum Gasteiger partial charge on any atom is -0.549 e. The summed E-state index contributed by atoms with van der Waals surface area (Å²) in [5, 5.41) is 35.6. The van der Waals surface area contributed by atoms with E-state index in [0.717, 1.165) is 14.3 Å². The number of carboxylic acid groups (broad SMARTS) is 1. The second-order valence-corrected chi connectivity index (χ2v) is 6.25. The topological polar surface area (TPSA) is 105 Å². The molecule has 0 saturated carbocycles. The number of carbonyl (C=O) groups is 1. The molecule has 0 aliphatic heterocycles. The van der Waals surface area contributed by atoms with E-state index in [9.17, 15) is 9.90 Å². The molecule has 0 atom stereocenters. The Morgan fingerprint density at radius 3 is 1.86 bits per heavy atom. The van der Waals surface area contributed by atoms with Crippen LogP contribution in [0.1, 0.15) is 0 Å². The number of aliphatic hydroxyl groups is 3. The zero-order valence-electron chi connectivity index (χ0n) is 12.2. The van der Waals surface area contributed by atoms with Crippen molar-refractivity contribution < 1.29 is 30.1 Å². The van der Waals surface area contributed by atoms with E-state index < -0.39 is 5.97 Å². The third-order valence-electron chi connectivity index (χ3n) is 2.57. The molecule has 22 heavy (non-hydrogen) atoms. The van der Waals surface area contributed by atoms with Gasteiger partial charge in [-0.1, -0.05) is 15.9 Å². The molecule has 0 aromatic heterocycles. The smallest absolute Gasteiger partial charge is 0.101 e. The van der Waals surface area contributed by atoms with Gasteiger partial charge in [0.25, 0.3) is 0 Å². The highest BCUT2D eigenvalue weighted by Crippen LogP contribution is 2.19. The van der Waals surface area contributed by atoms with Gasteiger partial charge in [0.1, 0.15) is 19.6 Å². The van der Waals surface area contributed by atoms with Crippen molar-refractivity contribution in [2.24, 2.45) is 0 Å². The van der Waals surface area contributed by atoms with Crippen molar-refractivity contribution in [2.45, 2.75) is 4.90 Å². The Morgan fingerprint density at radius 1 is 1.05 bits per heavy atom. The van der Waals surface area contributed by atoms with Crippen LogP contribution in [-0.2, 0) is 4.79 Å². The molecule has 0 spiro atoms. The lowest BCUT2D eigenvalue weighted by atomic mass is 10.4. The largest absolute Gasteiger partial charge is 0.549 e. The Bertz CT molecular complexity index is 390. The van der Waals surface area contributed by atoms with E-state index in [1.165, 1.54) is 11.8 Å². The maximum Gasteiger partial charge on any atom is 0.101 e. The molecule has 0 unspecified atom stereocenters. The predicted molar refractivity (Wildman–Crippen MR) is 86.7 cm³/mol. The molecular weight excluding hydrogens is 374 g/mol. The average molecular weight is 396 g/mol. The molecule has 0 heterocycles. The van der Waals surface area contributed by atoms with Crippen LogP contribution in [0.3, 0.4) is 0 Å². The first-order valence-electron chi connectivity index (χ1n) is 6.77. The molecule has 0 aliphatic carbocycles. The van der Waals surface area contributed by atoms with Crippen molar-refractivity contribution in [1.29, 1.82) is 0 Å². The molecule has 6 nitrogen and oxygen atoms in total. The van der Waals surface area contributed by atoms with Crippen molar-refractivity contribution in [3.05, 3.63) is 28.7 Å². The minimum atomic E-state index is -1.04. The van der Waals surface area contributed by atoms with E-state index in [4.69, 9.17) is 15.3 Å². The summed E-state index contributed by atoms with van der Waals surface area (Å²) >= 11 is 4.54. The molecule has 0 radical (unpaired) electrons. The number of nitrogens with one attached hydrogen (secondary N) is 1. The highest BCUT2D eigenvalue weighted by Gasteiger charge is 2.03. The number of aliphatic carboxylic acids is 1. The third-order valence-corrected chi connectivity index (χ3v) is 4.08. The van der Waals surface area contributed by atoms with Gasteiger partial charge in [-0.15, -0.1) is 11.8 Å². The number of carbonyl (C=O) groups excluding carboxylic acids is 1. The minimum absolute atomic E-state index is 0.00162. The van der Waals surface area contributed by atoms with Crippen LogP contribution in [0, 0.1) is 0 Å². The van der Waals surface area contributed by atoms with Gasteiger partial charge in [-0.25, -0.2) is 0 Å². The highest BCUT2D eigenvalue weighted by molar-refractivity contribution is 9.10. The molecule has 0 saturated heterocycles. The van der Waals surface area contributed by atoms with Crippen molar-refractivity contribution in [2.75, 3.05) is 45.2 Å². The van der Waals surface area contributed by atoms with Crippen LogP contribution in [0.25, 0.3) is 0 Å². The molecule has 0 fully saturated rings. The number of benzene rings is 1. The molecule has 0 aliphatic rings. The first-order valence-corrected chi connectivity index (χ1v) is 8.55. The number of thioether (sulfide) groups is 1. The summed E-state index contributed by atoms with van der Waals surface area (Å²) in [6, 6.07) is 7.46. The van der Waals surface area contributed by atoms with E-state index >= 15 is 0 Å². The fraction of sp³-hybridized carbons (Fsp3) is 0.500. The Hall–Kier alpha value is -0.640. The summed E-state index contributed by atoms with van der Waals surface area (Å²) < 4.78 is 0.986. The summed E-state index contributed by atoms with van der Waals surface area (Å²) in [4.78, 5) is 12.1. The lowest BCUT2D eigenvalue weighted by molar-refractivity contribution is -0.901. The number of hydrogen-bond donors (Lipinski definition) is 4. The van der Waals surface area contributed by atoms with Crippen LogP contribution in [0.5, 0.6) is 0 Å². The van der Waals surface area contributed by atoms with Crippen LogP contribution < -0.4 is 10.0 Å². The van der Waals surface area contributed by atoms with E-state index in [2.05, 4.69) is 15.9 Å². The monoisotopic (exact) mass is 395 g/mol. The van der Waals surface area contributed by atoms with Crippen LogP contribution in [0.2, 0.25) is 0 Å². The Morgan fingerprint density at radius 2 is 1.50 bits per heavy atom. The van der Waals surface area contributed by atoms with E-state index in [-0.39, 0.29) is 25.6 Å². The number of carboxylic acids is 1. The Labute approximate surface area is 142 Å². The fourth-order valence-electron chi connectivity index (χ4n) is 1.52. The number of aliphatic hydroxyl groups excluding tert-OH is 3. The molecular formula is C14H22BrNO5S. The van der Waals surface area contributed by atoms with Crippen molar-refractivity contribution >= 4 is 33.7 Å². The van der Waals surface area contributed by atoms with Gasteiger partial charge in [0.2, 0.25) is 0 Å². The standard InChI is InChI=1S/C8H7BrO2S.C6H15NO3/c9-6-1-3-7(4-2-6)12-5-8(10)11;8-4-1-7(2-5-9)3-6-10/h1-4H,5H2,(H,10,11);8-10H,1-6H2. The maximum absolute atomic E-state index is 10.1. The molecule has 1 aromatic rings. The average Bonchev–Trinajstić information content (AvgIpc) is 2.48. The highest BCUT2D eigenvalue weighted by atomic mass is 79.9. The normalized spacial score (nSPS) is 10.2. The second-order valence-electron chi connectivity index (χ2n) is 4.29. The SMILES string of the molecule is O=C([O-])CSc1ccc(Br)cc1.OCC[NH+](CCO)CCO. The molecule has 0 bridgehead atoms. The molecule has 1 aromatic carbocycles. The number of rotatable bonds is 9. The predicted octanol–water partition coefficient (Wildman–Crippen LogP) is -1.86. The van der Waals surface area contributed by atoms with Crippen LogP contribution >= 0.6 is 27.7 Å². The van der Waals surface area contributed by atoms with Gasteiger partial charge in [-0.2, -0.15) is 0 Å². The lowest BCUT2D eigenvalue weighted by Crippen LogP contribution is -3.13. The van der Waals surface area contributed by atoms with E-state index in [1.807, 2.05) is 24.3 Å². The molecule has 8 heteroatoms. The van der Waals surface area contributed by atoms with E-state index in [0.29, 0.717) is 19.6 Å². The first kappa shape index (κ1) is 21.4. The van der Waals surface area contributed by atoms with Crippen LogP contribution in [-0.4, -0.2) is 66.5 Å². The van der Waals surface area contributed by atoms with Crippen molar-refractivity contribution in [1.82, 2.24) is 0 Å². The summed E-state index contributed by atoms with van der Waals surface area (Å²) in [5.74, 6) is -1.04. The Kier molecular flexibility index (Phi) is 13.6. The summed E-state index contributed by atoms with van der Waals surface area (Å²) in [6.45, 7) is 2.11. The molecule has 126 valence electrons. The van der Waals surface area contributed by atoms with Crippen molar-refractivity contribution in [3.8, 4) is 0 Å². The van der Waals surface area contributed by atoms with Gasteiger partial charge in [0, 0.05) is 15.1 Å². The van der Waals surface area contributed by atoms with Gasteiger partial charge in [0.05, 0.1) is 25.8 Å². The first-order chi connectivity index (χ1) is 10.5. The number of halogens is 1. The summed E-state index contributed by atoms with van der Waals surface area (Å²) in [7, 11) is 0. The zero-order chi connectivity index (χ0) is 16.8. The maximum atomic E-state index is 10.1. The summed E-state index contributed by atoms with van der Waals surface area (Å²) in [6.07, 6.45) is 0. The molecule has 1 rings (SSSR count). The zero-order valence-corrected chi connectivity index (χ0v) is 14.6. The van der Waals surface area contributed by atoms with Gasteiger partial charge < -0.3 is 30.1 Å². The molecule has 0 amide bonds. The molecule has 4 N–H and O–H groups in total. The number of quaternary nitrogens is 1. The van der Waals surface area contributed by atoms with Crippen LogP contribution in [0.15, 0.2) is 33.6 Å². The third kappa shape index (κ3) is 12.0. The van der Waals surface area contributed by atoms with Gasteiger partial charge in [0.15, 0.2) is 0 Å². The quantitative estimate of drug-likeness (QED) is 0.365. The fourth-order valence-corrected chi connectivity index (χ4v) is 2.40. The lowest BCUT2D eigenvalue weighted by Gasteiger charge is -2.15. The van der Waals surface area contributed by atoms with Gasteiger partial charge >= 0.3 is 0 Å². The summed E-state index contributed by atoms with van der Waals surface area (Å²) in [5.41, 5.74) is 0. The van der Waals surface area contributed by atoms with Crippen LogP contribution in [0.4, 0.5) is 0 Å². The van der Waals surface area contributed by atoms with Crippen molar-refractivity contribution in [3.63, 3.8) is 0 Å². The van der Waals surface area contributed by atoms with Gasteiger partial charge in [-0.3, -0.25) is 0 Å².